The van der Waals surface area contributed by atoms with Gasteiger partial charge in [-0.05, 0) is 31.4 Å². The minimum absolute atomic E-state index is 0. The average Bonchev–Trinajstić information content (AvgIpc) is 3.19. The van der Waals surface area contributed by atoms with E-state index in [9.17, 15) is 8.42 Å². The number of hydrogen-bond acceptors (Lipinski definition) is 5. The Hall–Kier alpha value is -0.0400. The topological polar surface area (TPSA) is 65.0 Å². The lowest BCUT2D eigenvalue weighted by Crippen LogP contribution is -2.47. The first-order valence-corrected chi connectivity index (χ1v) is 13.0. The van der Waals surface area contributed by atoms with Crippen LogP contribution in [0, 0.1) is 0 Å². The molecule has 1 aromatic heterocycles. The number of thioether (sulfide) groups is 1. The van der Waals surface area contributed by atoms with Crippen LogP contribution in [0.5, 0.6) is 0 Å². The Balaban J connectivity index is 0.00000280. The molecular weight excluding hydrogens is 527 g/mol. The summed E-state index contributed by atoms with van der Waals surface area (Å²) < 4.78 is 27.7. The van der Waals surface area contributed by atoms with E-state index in [0.717, 1.165) is 48.9 Å². The van der Waals surface area contributed by atoms with Gasteiger partial charge in [0.05, 0.1) is 6.54 Å². The molecule has 2 aliphatic rings. The van der Waals surface area contributed by atoms with E-state index >= 15 is 0 Å². The lowest BCUT2D eigenvalue weighted by molar-refractivity contribution is 0.347. The molecular formula is C18H31IN4O2S3. The highest BCUT2D eigenvalue weighted by molar-refractivity contribution is 14.0. The van der Waals surface area contributed by atoms with Crippen molar-refractivity contribution in [3.8, 4) is 0 Å². The van der Waals surface area contributed by atoms with E-state index in [2.05, 4.69) is 22.1 Å². The molecule has 0 radical (unpaired) electrons. The minimum Gasteiger partial charge on any atom is -0.351 e. The summed E-state index contributed by atoms with van der Waals surface area (Å²) in [6.07, 6.45) is 4.21. The number of aliphatic imine (C=N–C) groups is 1. The summed E-state index contributed by atoms with van der Waals surface area (Å²) in [6.45, 7) is 6.14. The van der Waals surface area contributed by atoms with Gasteiger partial charge in [0.2, 0.25) is 0 Å². The quantitative estimate of drug-likeness (QED) is 0.341. The first kappa shape index (κ1) is 24.2. The van der Waals surface area contributed by atoms with Crippen molar-refractivity contribution in [3.05, 3.63) is 17.0 Å². The van der Waals surface area contributed by atoms with Gasteiger partial charge in [-0.1, -0.05) is 13.3 Å². The molecule has 6 nitrogen and oxygen atoms in total. The zero-order valence-electron chi connectivity index (χ0n) is 16.6. The minimum atomic E-state index is -3.34. The third-order valence-corrected chi connectivity index (χ3v) is 9.90. The third kappa shape index (κ3) is 5.99. The summed E-state index contributed by atoms with van der Waals surface area (Å²) in [5, 5.41) is 4.07. The van der Waals surface area contributed by atoms with E-state index in [0.29, 0.717) is 29.1 Å². The maximum Gasteiger partial charge on any atom is 0.252 e. The summed E-state index contributed by atoms with van der Waals surface area (Å²) in [4.78, 5) is 7.75. The largest absolute Gasteiger partial charge is 0.351 e. The molecule has 0 aliphatic carbocycles. The fraction of sp³-hybridized carbons (Fsp3) is 0.722. The van der Waals surface area contributed by atoms with Crippen molar-refractivity contribution in [2.24, 2.45) is 4.99 Å². The second-order valence-electron chi connectivity index (χ2n) is 6.93. The molecule has 1 unspecified atom stereocenters. The highest BCUT2D eigenvalue weighted by Gasteiger charge is 2.27. The molecule has 2 saturated heterocycles. The second-order valence-corrected chi connectivity index (χ2v) is 11.7. The van der Waals surface area contributed by atoms with Gasteiger partial charge in [0.1, 0.15) is 4.21 Å². The lowest BCUT2D eigenvalue weighted by atomic mass is 10.2. The molecule has 3 rings (SSSR count). The Morgan fingerprint density at radius 1 is 1.25 bits per heavy atom. The number of rotatable bonds is 5. The molecule has 1 N–H and O–H groups in total. The van der Waals surface area contributed by atoms with E-state index in [1.54, 1.807) is 10.4 Å². The molecule has 3 heterocycles. The van der Waals surface area contributed by atoms with Gasteiger partial charge in [-0.2, -0.15) is 16.1 Å². The molecule has 0 bridgehead atoms. The molecule has 1 aromatic rings. The van der Waals surface area contributed by atoms with Gasteiger partial charge in [-0.15, -0.1) is 35.3 Å². The monoisotopic (exact) mass is 558 g/mol. The molecule has 2 fully saturated rings. The lowest BCUT2D eigenvalue weighted by Gasteiger charge is -2.34. The van der Waals surface area contributed by atoms with Crippen LogP contribution in [0.25, 0.3) is 0 Å². The molecule has 28 heavy (non-hydrogen) atoms. The van der Waals surface area contributed by atoms with Crippen LogP contribution in [0.1, 0.15) is 37.5 Å². The molecule has 1 atom stereocenters. The Bertz CT molecular complexity index is 748. The number of nitrogens with zero attached hydrogens (tertiary/aromatic N) is 3. The first-order chi connectivity index (χ1) is 13.0. The summed E-state index contributed by atoms with van der Waals surface area (Å²) in [6, 6.07) is 3.67. The summed E-state index contributed by atoms with van der Waals surface area (Å²) in [5.41, 5.74) is 0. The second kappa shape index (κ2) is 11.4. The third-order valence-electron chi connectivity index (χ3n) is 5.07. The van der Waals surface area contributed by atoms with Crippen LogP contribution < -0.4 is 5.32 Å². The van der Waals surface area contributed by atoms with Crippen LogP contribution in [0.15, 0.2) is 21.3 Å². The number of hydrogen-bond donors (Lipinski definition) is 1. The maximum absolute atomic E-state index is 12.8. The Labute approximate surface area is 194 Å². The molecule has 0 amide bonds. The SMILES string of the molecule is CCC1CN(C(=NC)NCc2ccc(S(=O)(=O)N3CCCCC3)s2)CCS1.I. The van der Waals surface area contributed by atoms with Crippen molar-refractivity contribution in [1.82, 2.24) is 14.5 Å². The average molecular weight is 559 g/mol. The summed E-state index contributed by atoms with van der Waals surface area (Å²) in [5.74, 6) is 2.03. The van der Waals surface area contributed by atoms with Crippen molar-refractivity contribution >= 4 is 63.1 Å². The molecule has 0 spiro atoms. The van der Waals surface area contributed by atoms with Crippen molar-refractivity contribution in [2.45, 2.75) is 48.6 Å². The number of piperidine rings is 1. The molecule has 0 saturated carbocycles. The molecule has 10 heteroatoms. The predicted octanol–water partition coefficient (Wildman–Crippen LogP) is 3.44. The zero-order chi connectivity index (χ0) is 19.3. The van der Waals surface area contributed by atoms with Crippen LogP contribution in [-0.4, -0.2) is 67.8 Å². The highest BCUT2D eigenvalue weighted by atomic mass is 127. The fourth-order valence-electron chi connectivity index (χ4n) is 3.48. The standard InChI is InChI=1S/C18H30N4O2S3.HI/c1-3-15-14-21(11-12-25-15)18(19-2)20-13-16-7-8-17(26-16)27(23,24)22-9-5-4-6-10-22;/h7-8,15H,3-6,9-14H2,1-2H3,(H,19,20);1H. The van der Waals surface area contributed by atoms with Gasteiger partial charge in [0.15, 0.2) is 5.96 Å². The van der Waals surface area contributed by atoms with Gasteiger partial charge < -0.3 is 10.2 Å². The van der Waals surface area contributed by atoms with Crippen LogP contribution >= 0.6 is 47.1 Å². The van der Waals surface area contributed by atoms with Gasteiger partial charge in [0.25, 0.3) is 10.0 Å². The fourth-order valence-corrected chi connectivity index (χ4v) is 7.63. The number of guanidine groups is 1. The van der Waals surface area contributed by atoms with Crippen molar-refractivity contribution in [2.75, 3.05) is 39.0 Å². The van der Waals surface area contributed by atoms with Crippen molar-refractivity contribution in [3.63, 3.8) is 0 Å². The highest BCUT2D eigenvalue weighted by Crippen LogP contribution is 2.27. The van der Waals surface area contributed by atoms with Gasteiger partial charge in [0, 0.05) is 49.1 Å². The van der Waals surface area contributed by atoms with Crippen LogP contribution in [0.4, 0.5) is 0 Å². The van der Waals surface area contributed by atoms with Gasteiger partial charge in [-0.3, -0.25) is 4.99 Å². The van der Waals surface area contributed by atoms with E-state index in [-0.39, 0.29) is 24.0 Å². The molecule has 0 aromatic carbocycles. The number of thiophene rings is 1. The normalized spacial score (nSPS) is 22.0. The van der Waals surface area contributed by atoms with Crippen LogP contribution in [-0.2, 0) is 16.6 Å². The van der Waals surface area contributed by atoms with E-state index in [1.165, 1.54) is 17.8 Å². The van der Waals surface area contributed by atoms with E-state index < -0.39 is 10.0 Å². The number of sulfonamides is 1. The zero-order valence-corrected chi connectivity index (χ0v) is 21.4. The van der Waals surface area contributed by atoms with Gasteiger partial charge >= 0.3 is 0 Å². The summed E-state index contributed by atoms with van der Waals surface area (Å²) in [7, 11) is -1.52. The van der Waals surface area contributed by atoms with Crippen LogP contribution in [0.3, 0.4) is 0 Å². The summed E-state index contributed by atoms with van der Waals surface area (Å²) >= 11 is 3.40. The van der Waals surface area contributed by atoms with Crippen LogP contribution in [0.2, 0.25) is 0 Å². The predicted molar refractivity (Wildman–Crippen MR) is 131 cm³/mol. The van der Waals surface area contributed by atoms with E-state index in [1.807, 2.05) is 24.9 Å². The Morgan fingerprint density at radius 3 is 2.68 bits per heavy atom. The van der Waals surface area contributed by atoms with E-state index in [4.69, 9.17) is 0 Å². The van der Waals surface area contributed by atoms with Gasteiger partial charge in [-0.25, -0.2) is 8.42 Å². The van der Waals surface area contributed by atoms with Crippen molar-refractivity contribution < 1.29 is 8.42 Å². The Kier molecular flexibility index (Phi) is 9.85. The van der Waals surface area contributed by atoms with Crippen molar-refractivity contribution in [1.29, 1.82) is 0 Å². The first-order valence-electron chi connectivity index (χ1n) is 9.70. The Morgan fingerprint density at radius 2 is 2.00 bits per heavy atom. The molecule has 160 valence electrons. The maximum atomic E-state index is 12.8. The molecule has 2 aliphatic heterocycles. The smallest absolute Gasteiger partial charge is 0.252 e. The number of nitrogens with one attached hydrogen (secondary N) is 1. The number of halogens is 1.